The summed E-state index contributed by atoms with van der Waals surface area (Å²) in [7, 11) is 0. The Morgan fingerprint density at radius 2 is 1.82 bits per heavy atom. The molecule has 1 fully saturated rings. The molecule has 1 N–H and O–H groups in total. The van der Waals surface area contributed by atoms with Crippen molar-refractivity contribution >= 4 is 0 Å². The van der Waals surface area contributed by atoms with Crippen molar-refractivity contribution < 1.29 is 14.6 Å². The molecule has 1 aromatic carbocycles. The summed E-state index contributed by atoms with van der Waals surface area (Å²) < 4.78 is 11.4. The maximum absolute atomic E-state index is 10.0. The molecule has 0 atom stereocenters. The quantitative estimate of drug-likeness (QED) is 0.852. The van der Waals surface area contributed by atoms with Crippen LogP contribution in [0.2, 0.25) is 0 Å². The second-order valence-electron chi connectivity index (χ2n) is 5.23. The van der Waals surface area contributed by atoms with E-state index in [1.807, 2.05) is 0 Å². The summed E-state index contributed by atoms with van der Waals surface area (Å²) in [5.41, 5.74) is 2.94. The third kappa shape index (κ3) is 1.89. The molecule has 2 aliphatic rings. The number of rotatable bonds is 2. The molecule has 0 saturated heterocycles. The van der Waals surface area contributed by atoms with Crippen molar-refractivity contribution in [1.82, 2.24) is 0 Å². The molecule has 17 heavy (non-hydrogen) atoms. The molecule has 1 aliphatic heterocycles. The van der Waals surface area contributed by atoms with Crippen LogP contribution in [0.4, 0.5) is 0 Å². The maximum Gasteiger partial charge on any atom is 0.164 e. The van der Waals surface area contributed by atoms with Crippen molar-refractivity contribution in [1.29, 1.82) is 0 Å². The fourth-order valence-corrected chi connectivity index (χ4v) is 2.36. The number of hydrogen-bond donors (Lipinski definition) is 1. The van der Waals surface area contributed by atoms with Gasteiger partial charge in [-0.1, -0.05) is 6.07 Å². The SMILES string of the molecule is Cc1cc(CC2(O)CC2)c2c(c1C)OCCO2. The first-order valence-corrected chi connectivity index (χ1v) is 6.20. The lowest BCUT2D eigenvalue weighted by Gasteiger charge is -2.25. The van der Waals surface area contributed by atoms with Gasteiger partial charge in [-0.3, -0.25) is 0 Å². The van der Waals surface area contributed by atoms with Crippen LogP contribution in [0.3, 0.4) is 0 Å². The van der Waals surface area contributed by atoms with Gasteiger partial charge in [-0.2, -0.15) is 0 Å². The Morgan fingerprint density at radius 1 is 1.18 bits per heavy atom. The highest BCUT2D eigenvalue weighted by Gasteiger charge is 2.41. The molecule has 1 aliphatic carbocycles. The Labute approximate surface area is 101 Å². The Bertz CT molecular complexity index is 461. The number of aryl methyl sites for hydroxylation is 1. The first-order chi connectivity index (χ1) is 8.09. The van der Waals surface area contributed by atoms with Gasteiger partial charge in [0.25, 0.3) is 0 Å². The van der Waals surface area contributed by atoms with E-state index in [9.17, 15) is 5.11 Å². The minimum atomic E-state index is -0.490. The second-order valence-corrected chi connectivity index (χ2v) is 5.23. The number of ether oxygens (including phenoxy) is 2. The van der Waals surface area contributed by atoms with Gasteiger partial charge in [-0.15, -0.1) is 0 Å². The molecule has 0 aromatic heterocycles. The van der Waals surface area contributed by atoms with Gasteiger partial charge in [0.1, 0.15) is 13.2 Å². The Hall–Kier alpha value is -1.22. The van der Waals surface area contributed by atoms with E-state index in [-0.39, 0.29) is 0 Å². The van der Waals surface area contributed by atoms with Gasteiger partial charge in [0.05, 0.1) is 5.60 Å². The van der Waals surface area contributed by atoms with Crippen LogP contribution in [0.1, 0.15) is 29.5 Å². The molecule has 0 unspecified atom stereocenters. The summed E-state index contributed by atoms with van der Waals surface area (Å²) in [6.07, 6.45) is 2.48. The third-order valence-corrected chi connectivity index (χ3v) is 3.74. The van der Waals surface area contributed by atoms with E-state index in [1.54, 1.807) is 0 Å². The van der Waals surface area contributed by atoms with Crippen LogP contribution < -0.4 is 9.47 Å². The maximum atomic E-state index is 10.0. The van der Waals surface area contributed by atoms with Crippen molar-refractivity contribution in [2.75, 3.05) is 13.2 Å². The molecule has 3 nitrogen and oxygen atoms in total. The first-order valence-electron chi connectivity index (χ1n) is 6.20. The van der Waals surface area contributed by atoms with E-state index in [1.165, 1.54) is 5.56 Å². The van der Waals surface area contributed by atoms with Gasteiger partial charge in [-0.25, -0.2) is 0 Å². The van der Waals surface area contributed by atoms with E-state index in [0.717, 1.165) is 35.5 Å². The van der Waals surface area contributed by atoms with E-state index in [2.05, 4.69) is 19.9 Å². The molecule has 3 rings (SSSR count). The lowest BCUT2D eigenvalue weighted by atomic mass is 9.98. The minimum Gasteiger partial charge on any atom is -0.486 e. The van der Waals surface area contributed by atoms with Crippen molar-refractivity contribution in [2.45, 2.75) is 38.7 Å². The smallest absolute Gasteiger partial charge is 0.164 e. The van der Waals surface area contributed by atoms with Crippen LogP contribution in [0, 0.1) is 13.8 Å². The van der Waals surface area contributed by atoms with Crippen molar-refractivity contribution in [3.8, 4) is 11.5 Å². The van der Waals surface area contributed by atoms with Gasteiger partial charge in [0.2, 0.25) is 0 Å². The molecule has 1 heterocycles. The summed E-state index contributed by atoms with van der Waals surface area (Å²) in [5.74, 6) is 1.72. The molecular formula is C14H18O3. The largest absolute Gasteiger partial charge is 0.486 e. The van der Waals surface area contributed by atoms with E-state index in [0.29, 0.717) is 19.6 Å². The summed E-state index contributed by atoms with van der Waals surface area (Å²) in [6.45, 7) is 5.34. The summed E-state index contributed by atoms with van der Waals surface area (Å²) in [5, 5.41) is 10.0. The van der Waals surface area contributed by atoms with Crippen LogP contribution in [0.15, 0.2) is 6.07 Å². The van der Waals surface area contributed by atoms with Crippen molar-refractivity contribution in [2.24, 2.45) is 0 Å². The third-order valence-electron chi connectivity index (χ3n) is 3.74. The lowest BCUT2D eigenvalue weighted by molar-refractivity contribution is 0.143. The molecule has 92 valence electrons. The average Bonchev–Trinajstić information content (AvgIpc) is 3.04. The van der Waals surface area contributed by atoms with Gasteiger partial charge in [0.15, 0.2) is 11.5 Å². The van der Waals surface area contributed by atoms with Gasteiger partial charge in [0, 0.05) is 12.0 Å². The van der Waals surface area contributed by atoms with Gasteiger partial charge < -0.3 is 14.6 Å². The van der Waals surface area contributed by atoms with Crippen molar-refractivity contribution in [3.63, 3.8) is 0 Å². The monoisotopic (exact) mass is 234 g/mol. The highest BCUT2D eigenvalue weighted by molar-refractivity contribution is 5.56. The number of hydrogen-bond acceptors (Lipinski definition) is 3. The Balaban J connectivity index is 2.04. The second kappa shape index (κ2) is 3.64. The zero-order valence-corrected chi connectivity index (χ0v) is 10.4. The normalized spacial score (nSPS) is 20.2. The number of benzene rings is 1. The average molecular weight is 234 g/mol. The summed E-state index contributed by atoms with van der Waals surface area (Å²) in [4.78, 5) is 0. The standard InChI is InChI=1S/C14H18O3/c1-9-7-11(8-14(15)3-4-14)13-12(10(9)2)16-5-6-17-13/h7,15H,3-6,8H2,1-2H3. The number of fused-ring (bicyclic) bond motifs is 1. The predicted octanol–water partition coefficient (Wildman–Crippen LogP) is 2.14. The van der Waals surface area contributed by atoms with Gasteiger partial charge >= 0.3 is 0 Å². The van der Waals surface area contributed by atoms with Crippen LogP contribution in [-0.4, -0.2) is 23.9 Å². The summed E-state index contributed by atoms with van der Waals surface area (Å²) in [6, 6.07) is 2.12. The molecular weight excluding hydrogens is 216 g/mol. The van der Waals surface area contributed by atoms with Crippen LogP contribution in [0.25, 0.3) is 0 Å². The van der Waals surface area contributed by atoms with Crippen LogP contribution >= 0.6 is 0 Å². The fourth-order valence-electron chi connectivity index (χ4n) is 2.36. The first kappa shape index (κ1) is 10.9. The summed E-state index contributed by atoms with van der Waals surface area (Å²) >= 11 is 0. The van der Waals surface area contributed by atoms with Crippen LogP contribution in [0.5, 0.6) is 11.5 Å². The number of aliphatic hydroxyl groups is 1. The van der Waals surface area contributed by atoms with Crippen molar-refractivity contribution in [3.05, 3.63) is 22.8 Å². The van der Waals surface area contributed by atoms with E-state index >= 15 is 0 Å². The molecule has 3 heteroatoms. The van der Waals surface area contributed by atoms with Gasteiger partial charge in [-0.05, 0) is 37.8 Å². The fraction of sp³-hybridized carbons (Fsp3) is 0.571. The van der Waals surface area contributed by atoms with Crippen LogP contribution in [-0.2, 0) is 6.42 Å². The lowest BCUT2D eigenvalue weighted by Crippen LogP contribution is -2.20. The highest BCUT2D eigenvalue weighted by atomic mass is 16.6. The predicted molar refractivity (Wildman–Crippen MR) is 64.8 cm³/mol. The zero-order chi connectivity index (χ0) is 12.0. The topological polar surface area (TPSA) is 38.7 Å². The minimum absolute atomic E-state index is 0.490. The Morgan fingerprint density at radius 3 is 2.47 bits per heavy atom. The highest BCUT2D eigenvalue weighted by Crippen LogP contribution is 2.45. The molecule has 0 radical (unpaired) electrons. The molecule has 1 saturated carbocycles. The van der Waals surface area contributed by atoms with E-state index in [4.69, 9.17) is 9.47 Å². The molecule has 1 aromatic rings. The zero-order valence-electron chi connectivity index (χ0n) is 10.4. The molecule has 0 bridgehead atoms. The van der Waals surface area contributed by atoms with E-state index < -0.39 is 5.60 Å². The molecule has 0 spiro atoms. The Kier molecular flexibility index (Phi) is 2.33. The molecule has 0 amide bonds.